The van der Waals surface area contributed by atoms with Crippen LogP contribution in [0.25, 0.3) is 0 Å². The van der Waals surface area contributed by atoms with E-state index in [1.165, 1.54) is 64.2 Å². The number of allylic oxidation sites excluding steroid dienone is 20. The highest BCUT2D eigenvalue weighted by Crippen LogP contribution is 2.15. The number of quaternary nitrogens is 1. The smallest absolute Gasteiger partial charge is 0.306 e. The number of hydrogen-bond donors (Lipinski definition) is 0. The fraction of sp³-hybridized carbons (Fsp3) is 0.641. The van der Waals surface area contributed by atoms with Gasteiger partial charge in [0.05, 0.1) is 40.3 Å². The molecule has 0 saturated carbocycles. The van der Waals surface area contributed by atoms with Gasteiger partial charge in [0, 0.05) is 12.8 Å². The molecular weight excluding hydrogens is 911 g/mol. The van der Waals surface area contributed by atoms with Crippen molar-refractivity contribution in [2.45, 2.75) is 219 Å². The molecule has 0 aromatic carbocycles. The van der Waals surface area contributed by atoms with Crippen LogP contribution in [0.4, 0.5) is 0 Å². The molecule has 0 aromatic heterocycles. The van der Waals surface area contributed by atoms with Crippen molar-refractivity contribution in [2.24, 2.45) is 0 Å². The molecule has 0 rings (SSSR count). The number of ether oxygens (including phenoxy) is 4. The second-order valence-corrected chi connectivity index (χ2v) is 19.8. The van der Waals surface area contributed by atoms with E-state index in [0.717, 1.165) is 103 Å². The van der Waals surface area contributed by atoms with E-state index in [0.29, 0.717) is 23.9 Å². The lowest BCUT2D eigenvalue weighted by Gasteiger charge is -2.26. The molecule has 0 bridgehead atoms. The molecule has 2 unspecified atom stereocenters. The Morgan fingerprint density at radius 3 is 1.11 bits per heavy atom. The van der Waals surface area contributed by atoms with Gasteiger partial charge in [-0.05, 0) is 103 Å². The van der Waals surface area contributed by atoms with Crippen molar-refractivity contribution < 1.29 is 42.9 Å². The minimum atomic E-state index is -1.64. The third-order valence-electron chi connectivity index (χ3n) is 11.7. The topological polar surface area (TPSA) is 111 Å². The van der Waals surface area contributed by atoms with Gasteiger partial charge in [0.25, 0.3) is 0 Å². The van der Waals surface area contributed by atoms with Crippen molar-refractivity contribution in [3.63, 3.8) is 0 Å². The molecule has 0 N–H and O–H groups in total. The summed E-state index contributed by atoms with van der Waals surface area (Å²) in [5.74, 6) is -2.34. The summed E-state index contributed by atoms with van der Waals surface area (Å²) >= 11 is 0. The van der Waals surface area contributed by atoms with Crippen LogP contribution >= 0.6 is 0 Å². The van der Waals surface area contributed by atoms with Gasteiger partial charge >= 0.3 is 11.9 Å². The Morgan fingerprint density at radius 1 is 0.411 bits per heavy atom. The minimum absolute atomic E-state index is 0.135. The first kappa shape index (κ1) is 68.7. The Balaban J connectivity index is 4.29. The summed E-state index contributed by atoms with van der Waals surface area (Å²) in [5, 5.41) is 11.8. The van der Waals surface area contributed by atoms with E-state index >= 15 is 0 Å². The summed E-state index contributed by atoms with van der Waals surface area (Å²) < 4.78 is 22.6. The predicted molar refractivity (Wildman–Crippen MR) is 306 cm³/mol. The fourth-order valence-electron chi connectivity index (χ4n) is 7.35. The van der Waals surface area contributed by atoms with Gasteiger partial charge in [0.2, 0.25) is 0 Å². The van der Waals surface area contributed by atoms with Crippen molar-refractivity contribution in [1.82, 2.24) is 0 Å². The van der Waals surface area contributed by atoms with Gasteiger partial charge in [-0.15, -0.1) is 0 Å². The maximum absolute atomic E-state index is 12.9. The quantitative estimate of drug-likeness (QED) is 0.0195. The van der Waals surface area contributed by atoms with E-state index < -0.39 is 30.3 Å². The standard InChI is InChI=1S/C64H105NO8/c1-6-8-10-12-14-16-18-20-22-24-26-27-28-29-30-31-32-33-34-35-37-39-41-43-45-47-49-51-53-55-62(67)73-60(59-72-64(63(68)69)70-57-56-65(3,4)5)58-71-61(66)54-52-50-48-46-44-42-40-38-36-25-23-21-19-17-15-13-11-9-7-2/h8-11,14-17,20-23,26-27,29-30,36,38,42,44,60,64H,6-7,12-13,18-19,24-25,28,31-35,37,39-41,43,45-59H2,1-5H3/b10-8-,11-9-,16-14-,17-15-,22-20-,23-21-,27-26-,30-29-,38-36-,44-42-. The summed E-state index contributed by atoms with van der Waals surface area (Å²) in [4.78, 5) is 37.3. The molecule has 0 saturated heterocycles. The number of nitrogens with zero attached hydrogens (tertiary/aromatic N) is 1. The van der Waals surface area contributed by atoms with Gasteiger partial charge < -0.3 is 33.3 Å². The predicted octanol–water partition coefficient (Wildman–Crippen LogP) is 15.6. The molecule has 9 heteroatoms. The van der Waals surface area contributed by atoms with Crippen molar-refractivity contribution in [3.8, 4) is 0 Å². The van der Waals surface area contributed by atoms with Gasteiger partial charge in [0.1, 0.15) is 13.2 Å². The molecule has 0 amide bonds. The lowest BCUT2D eigenvalue weighted by Crippen LogP contribution is -2.44. The zero-order chi connectivity index (χ0) is 53.4. The zero-order valence-electron chi connectivity index (χ0n) is 47.0. The minimum Gasteiger partial charge on any atom is -0.545 e. The van der Waals surface area contributed by atoms with Crippen molar-refractivity contribution in [1.29, 1.82) is 0 Å². The molecule has 0 spiro atoms. The van der Waals surface area contributed by atoms with Crippen LogP contribution in [0.3, 0.4) is 0 Å². The first-order chi connectivity index (χ1) is 35.6. The van der Waals surface area contributed by atoms with Crippen LogP contribution in [0.15, 0.2) is 122 Å². The van der Waals surface area contributed by atoms with Gasteiger partial charge in [-0.3, -0.25) is 9.59 Å². The third-order valence-corrected chi connectivity index (χ3v) is 11.7. The highest BCUT2D eigenvalue weighted by atomic mass is 16.7. The number of carbonyl (C=O) groups excluding carboxylic acids is 3. The number of aliphatic carboxylic acids is 1. The number of carboxylic acid groups (broad SMARTS) is 1. The summed E-state index contributed by atoms with van der Waals surface area (Å²) in [6.07, 6.45) is 72.4. The number of rotatable bonds is 51. The van der Waals surface area contributed by atoms with Crippen LogP contribution in [0.2, 0.25) is 0 Å². The van der Waals surface area contributed by atoms with Gasteiger partial charge in [0.15, 0.2) is 12.4 Å². The summed E-state index contributed by atoms with van der Waals surface area (Å²) in [6, 6.07) is 0. The van der Waals surface area contributed by atoms with Gasteiger partial charge in [-0.1, -0.05) is 212 Å². The molecule has 0 aliphatic heterocycles. The average Bonchev–Trinajstić information content (AvgIpc) is 3.36. The normalized spacial score (nSPS) is 13.7. The summed E-state index contributed by atoms with van der Waals surface area (Å²) in [6.45, 7) is 4.46. The maximum atomic E-state index is 12.9. The monoisotopic (exact) mass is 1020 g/mol. The van der Waals surface area contributed by atoms with Crippen LogP contribution < -0.4 is 5.11 Å². The molecule has 0 aromatic rings. The van der Waals surface area contributed by atoms with Gasteiger partial charge in [-0.25, -0.2) is 0 Å². The van der Waals surface area contributed by atoms with Crippen LogP contribution in [-0.2, 0) is 33.3 Å². The SMILES string of the molecule is CC/C=C\C/C=C\C/C=C\C/C=C\C/C=C\CCCCCCCCCCCCCCCC(=O)OC(COC(=O)CCCCC/C=C\C/C=C\C/C=C\C/C=C\C/C=C\CC)COC(OCC[N+](C)(C)C)C(=O)[O-]. The van der Waals surface area contributed by atoms with Crippen LogP contribution in [0, 0.1) is 0 Å². The Hall–Kier alpha value is -4.31. The lowest BCUT2D eigenvalue weighted by atomic mass is 10.0. The highest BCUT2D eigenvalue weighted by Gasteiger charge is 2.22. The van der Waals surface area contributed by atoms with Crippen LogP contribution in [0.5, 0.6) is 0 Å². The summed E-state index contributed by atoms with van der Waals surface area (Å²) in [7, 11) is 5.90. The Labute approximate surface area is 447 Å². The first-order valence-corrected chi connectivity index (χ1v) is 28.7. The van der Waals surface area contributed by atoms with E-state index in [-0.39, 0.29) is 32.7 Å². The van der Waals surface area contributed by atoms with Gasteiger partial charge in [-0.2, -0.15) is 0 Å². The first-order valence-electron chi connectivity index (χ1n) is 28.7. The second kappa shape index (κ2) is 54.0. The maximum Gasteiger partial charge on any atom is 0.306 e. The molecule has 0 fully saturated rings. The van der Waals surface area contributed by atoms with Crippen molar-refractivity contribution in [3.05, 3.63) is 122 Å². The summed E-state index contributed by atoms with van der Waals surface area (Å²) in [5.41, 5.74) is 0. The number of unbranched alkanes of at least 4 members (excludes halogenated alkanes) is 16. The van der Waals surface area contributed by atoms with E-state index in [1.54, 1.807) is 0 Å². The van der Waals surface area contributed by atoms with Crippen LogP contribution in [-0.4, -0.2) is 82.3 Å². The molecule has 9 nitrogen and oxygen atoms in total. The van der Waals surface area contributed by atoms with Crippen molar-refractivity contribution >= 4 is 17.9 Å². The van der Waals surface area contributed by atoms with Crippen molar-refractivity contribution in [2.75, 3.05) is 47.5 Å². The number of esters is 2. The fourth-order valence-corrected chi connectivity index (χ4v) is 7.35. The lowest BCUT2D eigenvalue weighted by molar-refractivity contribution is -0.870. The number of hydrogen-bond acceptors (Lipinski definition) is 8. The van der Waals surface area contributed by atoms with E-state index in [4.69, 9.17) is 18.9 Å². The molecule has 0 aliphatic rings. The average molecular weight is 1020 g/mol. The van der Waals surface area contributed by atoms with E-state index in [9.17, 15) is 19.5 Å². The zero-order valence-corrected chi connectivity index (χ0v) is 47.0. The molecule has 0 heterocycles. The van der Waals surface area contributed by atoms with E-state index in [1.807, 2.05) is 21.1 Å². The Morgan fingerprint density at radius 2 is 0.740 bits per heavy atom. The number of likely N-dealkylation sites (N-methyl/N-ethyl adjacent to an activating group) is 1. The molecule has 73 heavy (non-hydrogen) atoms. The Bertz CT molecular complexity index is 1610. The number of carbonyl (C=O) groups is 3. The molecule has 0 radical (unpaired) electrons. The molecule has 414 valence electrons. The molecule has 0 aliphatic carbocycles. The molecule has 2 atom stereocenters. The number of carboxylic acids is 1. The van der Waals surface area contributed by atoms with E-state index in [2.05, 4.69) is 135 Å². The third kappa shape index (κ3) is 55.3. The Kier molecular flexibility index (Phi) is 50.8. The van der Waals surface area contributed by atoms with Crippen LogP contribution in [0.1, 0.15) is 206 Å². The largest absolute Gasteiger partial charge is 0.545 e. The molecular formula is C64H105NO8. The second-order valence-electron chi connectivity index (χ2n) is 19.8. The highest BCUT2D eigenvalue weighted by molar-refractivity contribution is 5.70.